The minimum atomic E-state index is -0.218. The van der Waals surface area contributed by atoms with Crippen molar-refractivity contribution in [2.24, 2.45) is 10.7 Å². The number of amides is 1. The maximum Gasteiger partial charge on any atom is 0.257 e. The lowest BCUT2D eigenvalue weighted by Gasteiger charge is -2.07. The quantitative estimate of drug-likeness (QED) is 0.629. The molecular weight excluding hydrogens is 238 g/mol. The molecule has 0 atom stereocenters. The normalized spacial score (nSPS) is 15.0. The van der Waals surface area contributed by atoms with Gasteiger partial charge in [0.1, 0.15) is 0 Å². The van der Waals surface area contributed by atoms with E-state index in [9.17, 15) is 4.79 Å². The molecule has 0 bridgehead atoms. The second-order valence-corrected chi connectivity index (χ2v) is 4.43. The van der Waals surface area contributed by atoms with Crippen LogP contribution in [0.1, 0.15) is 18.4 Å². The Labute approximate surface area is 112 Å². The number of allylic oxidation sites excluding steroid dienone is 2. The number of nitrogens with one attached hydrogen (secondary N) is 1. The first kappa shape index (κ1) is 13.1. The third-order valence-corrected chi connectivity index (χ3v) is 2.75. The van der Waals surface area contributed by atoms with Gasteiger partial charge in [0, 0.05) is 5.57 Å². The lowest BCUT2D eigenvalue weighted by molar-refractivity contribution is -0.115. The van der Waals surface area contributed by atoms with Gasteiger partial charge in [-0.3, -0.25) is 10.1 Å². The topological polar surface area (TPSA) is 67.5 Å². The molecule has 2 rings (SSSR count). The fraction of sp³-hybridized carbons (Fsp3) is 0.200. The van der Waals surface area contributed by atoms with E-state index < -0.39 is 0 Å². The Bertz CT molecular complexity index is 571. The van der Waals surface area contributed by atoms with Gasteiger partial charge in [0.05, 0.1) is 5.69 Å². The number of benzene rings is 1. The SMILES string of the molecule is Cc1cccc(N=C(N)NC(=O)C2=CCCC=C2)c1. The van der Waals surface area contributed by atoms with Crippen LogP contribution in [0.4, 0.5) is 5.69 Å². The average molecular weight is 255 g/mol. The van der Waals surface area contributed by atoms with Crippen molar-refractivity contribution >= 4 is 17.6 Å². The van der Waals surface area contributed by atoms with Crippen LogP contribution in [-0.2, 0) is 4.79 Å². The Hall–Kier alpha value is -2.36. The van der Waals surface area contributed by atoms with E-state index in [-0.39, 0.29) is 11.9 Å². The zero-order chi connectivity index (χ0) is 13.7. The van der Waals surface area contributed by atoms with Crippen LogP contribution in [0.2, 0.25) is 0 Å². The van der Waals surface area contributed by atoms with E-state index in [2.05, 4.69) is 10.3 Å². The van der Waals surface area contributed by atoms with Crippen LogP contribution in [0, 0.1) is 6.92 Å². The van der Waals surface area contributed by atoms with Gasteiger partial charge in [-0.15, -0.1) is 0 Å². The highest BCUT2D eigenvalue weighted by atomic mass is 16.1. The molecule has 0 aromatic heterocycles. The maximum absolute atomic E-state index is 11.9. The van der Waals surface area contributed by atoms with Gasteiger partial charge in [0.2, 0.25) is 5.96 Å². The summed E-state index contributed by atoms with van der Waals surface area (Å²) in [6, 6.07) is 7.62. The molecule has 0 radical (unpaired) electrons. The first-order chi connectivity index (χ1) is 9.15. The minimum absolute atomic E-state index is 0.107. The first-order valence-electron chi connectivity index (χ1n) is 6.24. The number of aliphatic imine (C=N–C) groups is 1. The molecule has 0 fully saturated rings. The van der Waals surface area contributed by atoms with E-state index in [1.165, 1.54) is 0 Å². The Morgan fingerprint density at radius 3 is 2.89 bits per heavy atom. The van der Waals surface area contributed by atoms with Gasteiger partial charge in [-0.25, -0.2) is 4.99 Å². The zero-order valence-corrected chi connectivity index (χ0v) is 10.9. The summed E-state index contributed by atoms with van der Waals surface area (Å²) >= 11 is 0. The smallest absolute Gasteiger partial charge is 0.257 e. The number of hydrogen-bond donors (Lipinski definition) is 2. The van der Waals surface area contributed by atoms with Gasteiger partial charge in [0.15, 0.2) is 0 Å². The molecular formula is C15H17N3O. The summed E-state index contributed by atoms with van der Waals surface area (Å²) in [7, 11) is 0. The van der Waals surface area contributed by atoms with Crippen molar-refractivity contribution in [3.05, 3.63) is 53.6 Å². The molecule has 4 nitrogen and oxygen atoms in total. The van der Waals surface area contributed by atoms with Crippen LogP contribution in [0.5, 0.6) is 0 Å². The van der Waals surface area contributed by atoms with E-state index in [1.54, 1.807) is 6.08 Å². The van der Waals surface area contributed by atoms with Gasteiger partial charge >= 0.3 is 0 Å². The number of hydrogen-bond acceptors (Lipinski definition) is 2. The Morgan fingerprint density at radius 1 is 1.37 bits per heavy atom. The third-order valence-electron chi connectivity index (χ3n) is 2.75. The fourth-order valence-corrected chi connectivity index (χ4v) is 1.83. The van der Waals surface area contributed by atoms with Gasteiger partial charge < -0.3 is 5.73 Å². The fourth-order valence-electron chi connectivity index (χ4n) is 1.83. The average Bonchev–Trinajstić information content (AvgIpc) is 2.39. The number of guanidine groups is 1. The van der Waals surface area contributed by atoms with Gasteiger partial charge in [-0.2, -0.15) is 0 Å². The first-order valence-corrected chi connectivity index (χ1v) is 6.24. The summed E-state index contributed by atoms with van der Waals surface area (Å²) in [5.41, 5.74) is 8.19. The molecule has 1 aromatic carbocycles. The summed E-state index contributed by atoms with van der Waals surface area (Å²) in [5.74, 6) is -0.111. The van der Waals surface area contributed by atoms with Crippen LogP contribution < -0.4 is 11.1 Å². The van der Waals surface area contributed by atoms with Crippen LogP contribution >= 0.6 is 0 Å². The molecule has 0 saturated carbocycles. The molecule has 0 spiro atoms. The highest BCUT2D eigenvalue weighted by Crippen LogP contribution is 2.13. The standard InChI is InChI=1S/C15H17N3O/c1-11-6-5-9-13(10-11)17-15(16)18-14(19)12-7-3-2-4-8-12/h3,5-10H,2,4H2,1H3,(H3,16,17,18,19). The summed E-state index contributed by atoms with van der Waals surface area (Å²) in [6.07, 6.45) is 7.54. The van der Waals surface area contributed by atoms with E-state index in [1.807, 2.05) is 43.3 Å². The number of nitrogens with zero attached hydrogens (tertiary/aromatic N) is 1. The van der Waals surface area contributed by atoms with Crippen LogP contribution in [-0.4, -0.2) is 11.9 Å². The lowest BCUT2D eigenvalue weighted by atomic mass is 10.1. The van der Waals surface area contributed by atoms with Gasteiger partial charge in [-0.05, 0) is 37.5 Å². The predicted octanol–water partition coefficient (Wildman–Crippen LogP) is 2.33. The van der Waals surface area contributed by atoms with Crippen LogP contribution in [0.25, 0.3) is 0 Å². The lowest BCUT2D eigenvalue weighted by Crippen LogP contribution is -2.37. The highest BCUT2D eigenvalue weighted by Gasteiger charge is 2.09. The van der Waals surface area contributed by atoms with Crippen molar-refractivity contribution in [1.82, 2.24) is 5.32 Å². The van der Waals surface area contributed by atoms with Crippen molar-refractivity contribution in [2.45, 2.75) is 19.8 Å². The summed E-state index contributed by atoms with van der Waals surface area (Å²) < 4.78 is 0. The van der Waals surface area contributed by atoms with Crippen LogP contribution in [0.3, 0.4) is 0 Å². The maximum atomic E-state index is 11.9. The Balaban J connectivity index is 2.04. The molecule has 0 saturated heterocycles. The number of aryl methyl sites for hydroxylation is 1. The zero-order valence-electron chi connectivity index (χ0n) is 10.9. The molecule has 1 amide bonds. The molecule has 0 aliphatic heterocycles. The van der Waals surface area contributed by atoms with Gasteiger partial charge in [0.25, 0.3) is 5.91 Å². The summed E-state index contributed by atoms with van der Waals surface area (Å²) in [4.78, 5) is 16.0. The van der Waals surface area contributed by atoms with E-state index in [0.717, 1.165) is 24.1 Å². The predicted molar refractivity (Wildman–Crippen MR) is 77.1 cm³/mol. The number of carbonyl (C=O) groups is 1. The molecule has 98 valence electrons. The molecule has 0 unspecified atom stereocenters. The largest absolute Gasteiger partial charge is 0.369 e. The van der Waals surface area contributed by atoms with E-state index in [0.29, 0.717) is 5.57 Å². The summed E-state index contributed by atoms with van der Waals surface area (Å²) in [6.45, 7) is 1.98. The van der Waals surface area contributed by atoms with Crippen molar-refractivity contribution < 1.29 is 4.79 Å². The number of nitrogens with two attached hydrogens (primary N) is 1. The number of rotatable bonds is 2. The van der Waals surface area contributed by atoms with Crippen LogP contribution in [0.15, 0.2) is 53.1 Å². The minimum Gasteiger partial charge on any atom is -0.369 e. The Morgan fingerprint density at radius 2 is 2.21 bits per heavy atom. The monoisotopic (exact) mass is 255 g/mol. The molecule has 1 aliphatic carbocycles. The van der Waals surface area contributed by atoms with Crippen molar-refractivity contribution in [3.8, 4) is 0 Å². The van der Waals surface area contributed by atoms with E-state index in [4.69, 9.17) is 5.73 Å². The highest BCUT2D eigenvalue weighted by molar-refractivity contribution is 6.06. The molecule has 3 N–H and O–H groups in total. The number of carbonyl (C=O) groups excluding carboxylic acids is 1. The molecule has 1 aliphatic rings. The van der Waals surface area contributed by atoms with Crippen molar-refractivity contribution in [3.63, 3.8) is 0 Å². The Kier molecular flexibility index (Phi) is 4.13. The molecule has 19 heavy (non-hydrogen) atoms. The third kappa shape index (κ3) is 3.81. The molecule has 1 aromatic rings. The van der Waals surface area contributed by atoms with E-state index >= 15 is 0 Å². The molecule has 4 heteroatoms. The second-order valence-electron chi connectivity index (χ2n) is 4.43. The summed E-state index contributed by atoms with van der Waals surface area (Å²) in [5, 5.41) is 2.59. The van der Waals surface area contributed by atoms with Crippen molar-refractivity contribution in [2.75, 3.05) is 0 Å². The molecule has 0 heterocycles. The second kappa shape index (κ2) is 6.00. The van der Waals surface area contributed by atoms with Gasteiger partial charge in [-0.1, -0.05) is 30.4 Å². The van der Waals surface area contributed by atoms with Crippen molar-refractivity contribution in [1.29, 1.82) is 0 Å².